The van der Waals surface area contributed by atoms with E-state index in [-0.39, 0.29) is 0 Å². The van der Waals surface area contributed by atoms with Crippen molar-refractivity contribution in [2.24, 2.45) is 0 Å². The summed E-state index contributed by atoms with van der Waals surface area (Å²) in [6.07, 6.45) is 3.69. The van der Waals surface area contributed by atoms with Gasteiger partial charge in [0.2, 0.25) is 0 Å². The van der Waals surface area contributed by atoms with E-state index >= 15 is 0 Å². The van der Waals surface area contributed by atoms with E-state index in [0.717, 1.165) is 19.6 Å². The maximum Gasteiger partial charge on any atom is 0.0839 e. The van der Waals surface area contributed by atoms with Crippen LogP contribution >= 0.6 is 0 Å². The minimum absolute atomic E-state index is 0.432. The number of rotatable bonds is 1. The van der Waals surface area contributed by atoms with E-state index in [0.29, 0.717) is 6.04 Å². The minimum Gasteiger partial charge on any atom is -0.306 e. The molecule has 82 valence electrons. The van der Waals surface area contributed by atoms with E-state index in [1.54, 1.807) is 0 Å². The monoisotopic (exact) mass is 206 g/mol. The first-order valence-corrected chi connectivity index (χ1v) is 5.82. The molecule has 1 unspecified atom stereocenters. The fourth-order valence-corrected chi connectivity index (χ4v) is 2.71. The number of piperazine rings is 1. The summed E-state index contributed by atoms with van der Waals surface area (Å²) >= 11 is 0. The molecule has 0 saturated carbocycles. The normalized spacial score (nSPS) is 26.9. The molecule has 0 radical (unpaired) electrons. The van der Waals surface area contributed by atoms with E-state index in [1.165, 1.54) is 36.2 Å². The number of likely N-dealkylation sites (N-methyl/N-ethyl adjacent to an activating group) is 1. The molecule has 0 spiro atoms. The van der Waals surface area contributed by atoms with Gasteiger partial charge in [-0.05, 0) is 31.9 Å². The number of fused-ring (bicyclic) bond motifs is 1. The summed E-state index contributed by atoms with van der Waals surface area (Å²) in [6.45, 7) is 3.29. The van der Waals surface area contributed by atoms with Crippen LogP contribution in [0.4, 0.5) is 0 Å². The number of aromatic nitrogens is 2. The Labute approximate surface area is 90.0 Å². The van der Waals surface area contributed by atoms with E-state index in [2.05, 4.69) is 27.5 Å². The standard InChI is InChI=1S/C11H18N4/c1-15-6-5-12-10(7-15)11-8-3-2-4-9(8)13-14-11/h10,12H,2-7H2,1H3,(H,13,14). The van der Waals surface area contributed by atoms with E-state index in [9.17, 15) is 0 Å². The smallest absolute Gasteiger partial charge is 0.0839 e. The van der Waals surface area contributed by atoms with Gasteiger partial charge >= 0.3 is 0 Å². The third kappa shape index (κ3) is 1.58. The molecular formula is C11H18N4. The molecule has 0 bridgehead atoms. The molecule has 4 heteroatoms. The van der Waals surface area contributed by atoms with Crippen molar-refractivity contribution in [3.05, 3.63) is 17.0 Å². The van der Waals surface area contributed by atoms with Crippen LogP contribution in [0.2, 0.25) is 0 Å². The summed E-state index contributed by atoms with van der Waals surface area (Å²) in [5.41, 5.74) is 4.14. The molecule has 1 saturated heterocycles. The maximum atomic E-state index is 4.48. The Hall–Kier alpha value is -0.870. The van der Waals surface area contributed by atoms with Crippen molar-refractivity contribution in [2.75, 3.05) is 26.7 Å². The molecule has 1 fully saturated rings. The Morgan fingerprint density at radius 1 is 1.40 bits per heavy atom. The second-order valence-electron chi connectivity index (χ2n) is 4.69. The zero-order chi connectivity index (χ0) is 10.3. The van der Waals surface area contributed by atoms with Crippen LogP contribution in [0, 0.1) is 0 Å². The van der Waals surface area contributed by atoms with Gasteiger partial charge in [0.05, 0.1) is 11.7 Å². The van der Waals surface area contributed by atoms with Crippen LogP contribution in [0.3, 0.4) is 0 Å². The predicted molar refractivity (Wildman–Crippen MR) is 58.9 cm³/mol. The second kappa shape index (κ2) is 3.61. The quantitative estimate of drug-likeness (QED) is 0.702. The Bertz CT molecular complexity index is 357. The lowest BCUT2D eigenvalue weighted by Gasteiger charge is -2.30. The van der Waals surface area contributed by atoms with Crippen molar-refractivity contribution < 1.29 is 0 Å². The molecular weight excluding hydrogens is 188 g/mol. The lowest BCUT2D eigenvalue weighted by Crippen LogP contribution is -2.44. The molecule has 2 N–H and O–H groups in total. The van der Waals surface area contributed by atoms with Crippen LogP contribution in [0.25, 0.3) is 0 Å². The summed E-state index contributed by atoms with van der Waals surface area (Å²) in [6, 6.07) is 0.432. The SMILES string of the molecule is CN1CCNC(c2n[nH]c3c2CCC3)C1. The van der Waals surface area contributed by atoms with Gasteiger partial charge in [-0.2, -0.15) is 5.10 Å². The molecule has 1 atom stereocenters. The first-order valence-electron chi connectivity index (χ1n) is 5.82. The van der Waals surface area contributed by atoms with Crippen molar-refractivity contribution in [1.82, 2.24) is 20.4 Å². The zero-order valence-electron chi connectivity index (χ0n) is 9.21. The highest BCUT2D eigenvalue weighted by Crippen LogP contribution is 2.27. The van der Waals surface area contributed by atoms with Gasteiger partial charge in [0, 0.05) is 25.3 Å². The van der Waals surface area contributed by atoms with Crippen LogP contribution in [0.5, 0.6) is 0 Å². The molecule has 2 aliphatic rings. The van der Waals surface area contributed by atoms with E-state index in [1.807, 2.05) is 0 Å². The van der Waals surface area contributed by atoms with Gasteiger partial charge in [0.25, 0.3) is 0 Å². The van der Waals surface area contributed by atoms with Gasteiger partial charge in [0.1, 0.15) is 0 Å². The Kier molecular flexibility index (Phi) is 2.25. The second-order valence-corrected chi connectivity index (χ2v) is 4.69. The molecule has 15 heavy (non-hydrogen) atoms. The first kappa shape index (κ1) is 9.36. The molecule has 1 aromatic rings. The first-order chi connectivity index (χ1) is 7.34. The number of hydrogen-bond acceptors (Lipinski definition) is 3. The molecule has 2 heterocycles. The third-order valence-electron chi connectivity index (χ3n) is 3.55. The summed E-state index contributed by atoms with van der Waals surface area (Å²) in [5.74, 6) is 0. The molecule has 3 rings (SSSR count). The van der Waals surface area contributed by atoms with Crippen molar-refractivity contribution in [1.29, 1.82) is 0 Å². The summed E-state index contributed by atoms with van der Waals surface area (Å²) in [7, 11) is 2.18. The minimum atomic E-state index is 0.432. The number of aromatic amines is 1. The van der Waals surface area contributed by atoms with Crippen molar-refractivity contribution >= 4 is 0 Å². The molecule has 1 aromatic heterocycles. The number of H-pyrrole nitrogens is 1. The third-order valence-corrected chi connectivity index (χ3v) is 3.55. The van der Waals surface area contributed by atoms with E-state index < -0.39 is 0 Å². The predicted octanol–water partition coefficient (Wildman–Crippen LogP) is 0.474. The lowest BCUT2D eigenvalue weighted by atomic mass is 10.1. The van der Waals surface area contributed by atoms with Crippen molar-refractivity contribution in [3.63, 3.8) is 0 Å². The van der Waals surface area contributed by atoms with Crippen LogP contribution < -0.4 is 5.32 Å². The highest BCUT2D eigenvalue weighted by atomic mass is 15.2. The Morgan fingerprint density at radius 3 is 3.20 bits per heavy atom. The van der Waals surface area contributed by atoms with E-state index in [4.69, 9.17) is 0 Å². The van der Waals surface area contributed by atoms with Gasteiger partial charge < -0.3 is 10.2 Å². The average molecular weight is 206 g/mol. The highest BCUT2D eigenvalue weighted by molar-refractivity contribution is 5.32. The average Bonchev–Trinajstić information content (AvgIpc) is 2.77. The fraction of sp³-hybridized carbons (Fsp3) is 0.727. The number of hydrogen-bond donors (Lipinski definition) is 2. The lowest BCUT2D eigenvalue weighted by molar-refractivity contribution is 0.237. The molecule has 1 aliphatic carbocycles. The fourth-order valence-electron chi connectivity index (χ4n) is 2.71. The zero-order valence-corrected chi connectivity index (χ0v) is 9.21. The molecule has 1 aliphatic heterocycles. The molecule has 0 amide bonds. The van der Waals surface area contributed by atoms with Gasteiger partial charge in [0.15, 0.2) is 0 Å². The number of nitrogens with zero attached hydrogens (tertiary/aromatic N) is 2. The van der Waals surface area contributed by atoms with Crippen LogP contribution in [-0.4, -0.2) is 41.8 Å². The Balaban J connectivity index is 1.85. The number of nitrogens with one attached hydrogen (secondary N) is 2. The van der Waals surface area contributed by atoms with Gasteiger partial charge in [-0.1, -0.05) is 0 Å². The van der Waals surface area contributed by atoms with Crippen molar-refractivity contribution in [2.45, 2.75) is 25.3 Å². The topological polar surface area (TPSA) is 44.0 Å². The van der Waals surface area contributed by atoms with Crippen LogP contribution in [0.15, 0.2) is 0 Å². The highest BCUT2D eigenvalue weighted by Gasteiger charge is 2.26. The van der Waals surface area contributed by atoms with Gasteiger partial charge in [-0.25, -0.2) is 0 Å². The summed E-state index contributed by atoms with van der Waals surface area (Å²) < 4.78 is 0. The van der Waals surface area contributed by atoms with Gasteiger partial charge in [-0.15, -0.1) is 0 Å². The summed E-state index contributed by atoms with van der Waals surface area (Å²) in [5, 5.41) is 11.2. The largest absolute Gasteiger partial charge is 0.306 e. The maximum absolute atomic E-state index is 4.48. The van der Waals surface area contributed by atoms with Crippen molar-refractivity contribution in [3.8, 4) is 0 Å². The number of aryl methyl sites for hydroxylation is 1. The molecule has 4 nitrogen and oxygen atoms in total. The van der Waals surface area contributed by atoms with Crippen LogP contribution in [0.1, 0.15) is 29.4 Å². The van der Waals surface area contributed by atoms with Crippen LogP contribution in [-0.2, 0) is 12.8 Å². The summed E-state index contributed by atoms with van der Waals surface area (Å²) in [4.78, 5) is 2.37. The van der Waals surface area contributed by atoms with Gasteiger partial charge in [-0.3, -0.25) is 5.10 Å². The molecule has 0 aromatic carbocycles. The Morgan fingerprint density at radius 2 is 2.33 bits per heavy atom.